The number of ketones is 1. The molecular weight excluding hydrogens is 339 g/mol. The van der Waals surface area contributed by atoms with Crippen LogP contribution in [0.15, 0.2) is 42.5 Å². The van der Waals surface area contributed by atoms with E-state index in [0.717, 1.165) is 0 Å². The molecule has 0 fully saturated rings. The highest BCUT2D eigenvalue weighted by molar-refractivity contribution is 6.39. The summed E-state index contributed by atoms with van der Waals surface area (Å²) in [4.78, 5) is 36.7. The third-order valence-corrected chi connectivity index (χ3v) is 3.73. The summed E-state index contributed by atoms with van der Waals surface area (Å²) >= 11 is 0. The van der Waals surface area contributed by atoms with Crippen LogP contribution in [0.2, 0.25) is 0 Å². The van der Waals surface area contributed by atoms with Crippen LogP contribution in [0.3, 0.4) is 0 Å². The highest BCUT2D eigenvalue weighted by atomic mass is 19.1. The Hall–Kier alpha value is -3.22. The molecule has 0 heterocycles. The number of carbonyl (C=O) groups excluding carboxylic acids is 3. The minimum absolute atomic E-state index is 0.0659. The van der Waals surface area contributed by atoms with Crippen LogP contribution in [0.4, 0.5) is 10.1 Å². The summed E-state index contributed by atoms with van der Waals surface area (Å²) in [6.07, 6.45) is 0. The maximum absolute atomic E-state index is 13.7. The Morgan fingerprint density at radius 1 is 1.12 bits per heavy atom. The van der Waals surface area contributed by atoms with E-state index in [1.54, 1.807) is 30.3 Å². The first-order valence-electron chi connectivity index (χ1n) is 7.81. The topological polar surface area (TPSA) is 75.7 Å². The Morgan fingerprint density at radius 2 is 1.77 bits per heavy atom. The van der Waals surface area contributed by atoms with Crippen LogP contribution in [-0.2, 0) is 16.1 Å². The lowest BCUT2D eigenvalue weighted by molar-refractivity contribution is -0.142. The molecule has 2 rings (SSSR count). The van der Waals surface area contributed by atoms with Crippen molar-refractivity contribution in [2.75, 3.05) is 19.5 Å². The molecule has 26 heavy (non-hydrogen) atoms. The van der Waals surface area contributed by atoms with Gasteiger partial charge in [-0.3, -0.25) is 14.4 Å². The van der Waals surface area contributed by atoms with Gasteiger partial charge in [0, 0.05) is 24.8 Å². The summed E-state index contributed by atoms with van der Waals surface area (Å²) in [5.74, 6) is -2.12. The molecule has 2 aromatic rings. The van der Waals surface area contributed by atoms with Gasteiger partial charge in [-0.2, -0.15) is 0 Å². The van der Waals surface area contributed by atoms with Crippen molar-refractivity contribution in [2.24, 2.45) is 0 Å². The monoisotopic (exact) mass is 358 g/mol. The predicted molar refractivity (Wildman–Crippen MR) is 94.5 cm³/mol. The molecule has 0 aliphatic heterocycles. The maximum Gasteiger partial charge on any atom is 0.313 e. The lowest BCUT2D eigenvalue weighted by Gasteiger charge is -2.17. The molecule has 0 bridgehead atoms. The Morgan fingerprint density at radius 3 is 2.31 bits per heavy atom. The van der Waals surface area contributed by atoms with E-state index in [2.05, 4.69) is 5.32 Å². The second kappa shape index (κ2) is 8.24. The van der Waals surface area contributed by atoms with Crippen LogP contribution in [0.25, 0.3) is 0 Å². The van der Waals surface area contributed by atoms with Gasteiger partial charge in [-0.1, -0.05) is 6.07 Å². The molecule has 136 valence electrons. The number of benzene rings is 2. The second-order valence-corrected chi connectivity index (χ2v) is 5.72. The third-order valence-electron chi connectivity index (χ3n) is 3.73. The summed E-state index contributed by atoms with van der Waals surface area (Å²) in [5.41, 5.74) is 1.43. The normalized spacial score (nSPS) is 10.2. The van der Waals surface area contributed by atoms with E-state index < -0.39 is 17.6 Å². The number of amides is 2. The Kier molecular flexibility index (Phi) is 6.06. The number of rotatable bonds is 5. The molecule has 0 saturated carbocycles. The summed E-state index contributed by atoms with van der Waals surface area (Å²) in [6.45, 7) is 1.50. The van der Waals surface area contributed by atoms with Crippen molar-refractivity contribution >= 4 is 23.3 Å². The van der Waals surface area contributed by atoms with Crippen LogP contribution in [0.1, 0.15) is 22.8 Å². The standard InChI is InChI=1S/C19H19FN2O4/c1-12(23)14-5-7-15(8-6-14)21-18(24)19(25)22(2)11-13-4-9-17(26-3)16(20)10-13/h4-10H,11H2,1-3H3,(H,21,24). The van der Waals surface area contributed by atoms with Gasteiger partial charge in [0.15, 0.2) is 17.3 Å². The summed E-state index contributed by atoms with van der Waals surface area (Å²) < 4.78 is 18.5. The number of methoxy groups -OCH3 is 1. The van der Waals surface area contributed by atoms with Crippen molar-refractivity contribution in [3.8, 4) is 5.75 Å². The SMILES string of the molecule is COc1ccc(CN(C)C(=O)C(=O)Nc2ccc(C(C)=O)cc2)cc1F. The molecule has 0 spiro atoms. The van der Waals surface area contributed by atoms with Crippen molar-refractivity contribution in [3.63, 3.8) is 0 Å². The van der Waals surface area contributed by atoms with Crippen molar-refractivity contribution in [3.05, 3.63) is 59.4 Å². The first-order chi connectivity index (χ1) is 12.3. The number of carbonyl (C=O) groups is 3. The Balaban J connectivity index is 1.99. The zero-order chi connectivity index (χ0) is 19.3. The second-order valence-electron chi connectivity index (χ2n) is 5.72. The van der Waals surface area contributed by atoms with Crippen molar-refractivity contribution < 1.29 is 23.5 Å². The molecule has 0 aromatic heterocycles. The molecule has 1 N–H and O–H groups in total. The van der Waals surface area contributed by atoms with E-state index in [1.165, 1.54) is 38.1 Å². The number of nitrogens with one attached hydrogen (secondary N) is 1. The van der Waals surface area contributed by atoms with Crippen molar-refractivity contribution in [1.29, 1.82) is 0 Å². The molecule has 2 aromatic carbocycles. The smallest absolute Gasteiger partial charge is 0.313 e. The lowest BCUT2D eigenvalue weighted by Crippen LogP contribution is -2.36. The number of hydrogen-bond acceptors (Lipinski definition) is 4. The van der Waals surface area contributed by atoms with E-state index in [1.807, 2.05) is 0 Å². The van der Waals surface area contributed by atoms with E-state index in [4.69, 9.17) is 4.74 Å². The zero-order valence-electron chi connectivity index (χ0n) is 14.7. The maximum atomic E-state index is 13.7. The summed E-state index contributed by atoms with van der Waals surface area (Å²) in [6, 6.07) is 10.5. The number of hydrogen-bond donors (Lipinski definition) is 1. The van der Waals surface area contributed by atoms with E-state index in [-0.39, 0.29) is 18.1 Å². The molecule has 0 unspecified atom stereocenters. The first kappa shape index (κ1) is 19.1. The highest BCUT2D eigenvalue weighted by Gasteiger charge is 2.19. The van der Waals surface area contributed by atoms with E-state index in [9.17, 15) is 18.8 Å². The molecule has 0 atom stereocenters. The molecule has 0 radical (unpaired) electrons. The van der Waals surface area contributed by atoms with Gasteiger partial charge in [0.05, 0.1) is 7.11 Å². The number of Topliss-reactive ketones (excluding diaryl/α,β-unsaturated/α-hetero) is 1. The predicted octanol–water partition coefficient (Wildman–Crippen LogP) is 2.63. The minimum atomic E-state index is -0.822. The van der Waals surface area contributed by atoms with Crippen LogP contribution in [0, 0.1) is 5.82 Å². The van der Waals surface area contributed by atoms with E-state index in [0.29, 0.717) is 16.8 Å². The van der Waals surface area contributed by atoms with Gasteiger partial charge in [0.25, 0.3) is 0 Å². The highest BCUT2D eigenvalue weighted by Crippen LogP contribution is 2.18. The van der Waals surface area contributed by atoms with E-state index >= 15 is 0 Å². The molecule has 0 aliphatic carbocycles. The fourth-order valence-corrected chi connectivity index (χ4v) is 2.30. The average molecular weight is 358 g/mol. The molecule has 0 saturated heterocycles. The minimum Gasteiger partial charge on any atom is -0.494 e. The fourth-order valence-electron chi connectivity index (χ4n) is 2.30. The molecular formula is C19H19FN2O4. The number of likely N-dealkylation sites (N-methyl/N-ethyl adjacent to an activating group) is 1. The third kappa shape index (κ3) is 4.66. The number of ether oxygens (including phenoxy) is 1. The Labute approximate surface area is 150 Å². The van der Waals surface area contributed by atoms with Crippen LogP contribution >= 0.6 is 0 Å². The molecule has 0 aliphatic rings. The average Bonchev–Trinajstić information content (AvgIpc) is 2.61. The number of anilines is 1. The van der Waals surface area contributed by atoms with Crippen molar-refractivity contribution in [1.82, 2.24) is 4.90 Å². The fraction of sp³-hybridized carbons (Fsp3) is 0.211. The zero-order valence-corrected chi connectivity index (χ0v) is 14.7. The molecule has 6 nitrogen and oxygen atoms in total. The largest absolute Gasteiger partial charge is 0.494 e. The summed E-state index contributed by atoms with van der Waals surface area (Å²) in [5, 5.41) is 2.47. The lowest BCUT2D eigenvalue weighted by atomic mass is 10.1. The summed E-state index contributed by atoms with van der Waals surface area (Å²) in [7, 11) is 2.81. The molecule has 2 amide bonds. The van der Waals surface area contributed by atoms with Gasteiger partial charge in [0.1, 0.15) is 0 Å². The van der Waals surface area contributed by atoms with Crippen LogP contribution in [-0.4, -0.2) is 36.7 Å². The number of halogens is 1. The van der Waals surface area contributed by atoms with Gasteiger partial charge in [0.2, 0.25) is 0 Å². The Bertz CT molecular complexity index is 834. The first-order valence-corrected chi connectivity index (χ1v) is 7.81. The number of nitrogens with zero attached hydrogens (tertiary/aromatic N) is 1. The van der Waals surface area contributed by atoms with Gasteiger partial charge >= 0.3 is 11.8 Å². The van der Waals surface area contributed by atoms with Crippen molar-refractivity contribution in [2.45, 2.75) is 13.5 Å². The van der Waals surface area contributed by atoms with Crippen LogP contribution in [0.5, 0.6) is 5.75 Å². The van der Waals surface area contributed by atoms with Gasteiger partial charge in [-0.05, 0) is 48.9 Å². The van der Waals surface area contributed by atoms with Gasteiger partial charge in [-0.25, -0.2) is 4.39 Å². The molecule has 7 heteroatoms. The van der Waals surface area contributed by atoms with Gasteiger partial charge in [-0.15, -0.1) is 0 Å². The quantitative estimate of drug-likeness (QED) is 0.659. The van der Waals surface area contributed by atoms with Crippen LogP contribution < -0.4 is 10.1 Å². The van der Waals surface area contributed by atoms with Gasteiger partial charge < -0.3 is 15.0 Å².